The highest BCUT2D eigenvalue weighted by atomic mass is 32.2. The average molecular weight is 315 g/mol. The van der Waals surface area contributed by atoms with E-state index in [1.54, 1.807) is 12.1 Å². The molecule has 0 amide bonds. The monoisotopic (exact) mass is 315 g/mol. The molecule has 1 aromatic carbocycles. The van der Waals surface area contributed by atoms with Crippen molar-refractivity contribution < 1.29 is 18.3 Å². The summed E-state index contributed by atoms with van der Waals surface area (Å²) in [4.78, 5) is 0.0625. The van der Waals surface area contributed by atoms with Gasteiger partial charge in [-0.05, 0) is 37.0 Å². The first-order valence-corrected chi connectivity index (χ1v) is 8.62. The SMILES string of the molecule is CCC(C)CC(C)NS(=O)(=O)c1cc(CO)ccc1OC. The maximum absolute atomic E-state index is 12.5. The predicted molar refractivity (Wildman–Crippen MR) is 82.8 cm³/mol. The van der Waals surface area contributed by atoms with Crippen LogP contribution in [0.2, 0.25) is 0 Å². The largest absolute Gasteiger partial charge is 0.495 e. The van der Waals surface area contributed by atoms with Crippen LogP contribution in [0.3, 0.4) is 0 Å². The van der Waals surface area contributed by atoms with Crippen molar-refractivity contribution >= 4 is 10.0 Å². The Balaban J connectivity index is 3.01. The Morgan fingerprint density at radius 2 is 2.00 bits per heavy atom. The fraction of sp³-hybridized carbons (Fsp3) is 0.600. The Labute approximate surface area is 127 Å². The van der Waals surface area contributed by atoms with Crippen molar-refractivity contribution in [1.29, 1.82) is 0 Å². The lowest BCUT2D eigenvalue weighted by molar-refractivity contribution is 0.281. The number of methoxy groups -OCH3 is 1. The molecule has 0 bridgehead atoms. The van der Waals surface area contributed by atoms with E-state index >= 15 is 0 Å². The van der Waals surface area contributed by atoms with Gasteiger partial charge < -0.3 is 9.84 Å². The number of nitrogens with one attached hydrogen (secondary N) is 1. The van der Waals surface area contributed by atoms with E-state index in [2.05, 4.69) is 18.6 Å². The summed E-state index contributed by atoms with van der Waals surface area (Å²) in [7, 11) is -2.25. The van der Waals surface area contributed by atoms with Gasteiger partial charge in [-0.1, -0.05) is 26.3 Å². The number of aliphatic hydroxyl groups excluding tert-OH is 1. The molecule has 21 heavy (non-hydrogen) atoms. The van der Waals surface area contributed by atoms with Crippen molar-refractivity contribution in [3.05, 3.63) is 23.8 Å². The number of benzene rings is 1. The second-order valence-corrected chi connectivity index (χ2v) is 7.10. The van der Waals surface area contributed by atoms with Crippen LogP contribution in [0.5, 0.6) is 5.75 Å². The van der Waals surface area contributed by atoms with Crippen molar-refractivity contribution in [2.75, 3.05) is 7.11 Å². The lowest BCUT2D eigenvalue weighted by Gasteiger charge is -2.19. The van der Waals surface area contributed by atoms with Crippen LogP contribution < -0.4 is 9.46 Å². The topological polar surface area (TPSA) is 75.6 Å². The van der Waals surface area contributed by atoms with Gasteiger partial charge in [-0.3, -0.25) is 0 Å². The molecule has 2 atom stereocenters. The fourth-order valence-corrected chi connectivity index (χ4v) is 3.65. The van der Waals surface area contributed by atoms with Gasteiger partial charge in [0.2, 0.25) is 10.0 Å². The molecular weight excluding hydrogens is 290 g/mol. The maximum atomic E-state index is 12.5. The molecular formula is C15H25NO4S. The van der Waals surface area contributed by atoms with Crippen LogP contribution in [0, 0.1) is 5.92 Å². The average Bonchev–Trinajstić information content (AvgIpc) is 2.45. The van der Waals surface area contributed by atoms with Gasteiger partial charge in [-0.15, -0.1) is 0 Å². The number of sulfonamides is 1. The molecule has 1 rings (SSSR count). The van der Waals surface area contributed by atoms with Gasteiger partial charge in [0, 0.05) is 6.04 Å². The van der Waals surface area contributed by atoms with Crippen LogP contribution in [0.25, 0.3) is 0 Å². The number of aliphatic hydroxyl groups is 1. The third-order valence-electron chi connectivity index (χ3n) is 3.51. The zero-order chi connectivity index (χ0) is 16.0. The van der Waals surface area contributed by atoms with Gasteiger partial charge in [0.15, 0.2) is 0 Å². The van der Waals surface area contributed by atoms with Gasteiger partial charge >= 0.3 is 0 Å². The van der Waals surface area contributed by atoms with Crippen LogP contribution >= 0.6 is 0 Å². The highest BCUT2D eigenvalue weighted by Gasteiger charge is 2.22. The molecule has 0 saturated carbocycles. The first kappa shape index (κ1) is 17.9. The minimum atomic E-state index is -3.67. The van der Waals surface area contributed by atoms with Crippen LogP contribution in [0.1, 0.15) is 39.2 Å². The van der Waals surface area contributed by atoms with Crippen LogP contribution in [-0.4, -0.2) is 26.7 Å². The standard InChI is InChI=1S/C15H25NO4S/c1-5-11(2)8-12(3)16-21(18,19)15-9-13(10-17)6-7-14(15)20-4/h6-7,9,11-12,16-17H,5,8,10H2,1-4H3. The summed E-state index contributed by atoms with van der Waals surface area (Å²) in [6, 6.07) is 4.48. The number of hydrogen-bond acceptors (Lipinski definition) is 4. The van der Waals surface area contributed by atoms with Gasteiger partial charge in [-0.2, -0.15) is 0 Å². The maximum Gasteiger partial charge on any atom is 0.244 e. The Morgan fingerprint density at radius 1 is 1.33 bits per heavy atom. The molecule has 0 heterocycles. The van der Waals surface area contributed by atoms with E-state index in [0.717, 1.165) is 12.8 Å². The predicted octanol–water partition coefficient (Wildman–Crippen LogP) is 2.29. The molecule has 120 valence electrons. The Morgan fingerprint density at radius 3 is 2.52 bits per heavy atom. The minimum absolute atomic E-state index is 0.0625. The van der Waals surface area contributed by atoms with E-state index in [1.165, 1.54) is 13.2 Å². The van der Waals surface area contributed by atoms with Crippen LogP contribution in [0.15, 0.2) is 23.1 Å². The van der Waals surface area contributed by atoms with E-state index in [9.17, 15) is 8.42 Å². The Hall–Kier alpha value is -1.11. The molecule has 0 aromatic heterocycles. The first-order valence-electron chi connectivity index (χ1n) is 7.14. The molecule has 0 radical (unpaired) electrons. The molecule has 6 heteroatoms. The fourth-order valence-electron chi connectivity index (χ4n) is 2.18. The van der Waals surface area contributed by atoms with Crippen molar-refractivity contribution in [2.24, 2.45) is 5.92 Å². The van der Waals surface area contributed by atoms with Crippen molar-refractivity contribution in [3.63, 3.8) is 0 Å². The highest BCUT2D eigenvalue weighted by molar-refractivity contribution is 7.89. The molecule has 0 fully saturated rings. The van der Waals surface area contributed by atoms with E-state index < -0.39 is 10.0 Å². The zero-order valence-corrected chi connectivity index (χ0v) is 13.9. The molecule has 0 spiro atoms. The molecule has 2 unspecified atom stereocenters. The second-order valence-electron chi connectivity index (χ2n) is 5.41. The van der Waals surface area contributed by atoms with Crippen LogP contribution in [0.4, 0.5) is 0 Å². The van der Waals surface area contributed by atoms with E-state index in [4.69, 9.17) is 9.84 Å². The van der Waals surface area contributed by atoms with E-state index in [-0.39, 0.29) is 23.3 Å². The molecule has 0 aliphatic carbocycles. The highest BCUT2D eigenvalue weighted by Crippen LogP contribution is 2.25. The van der Waals surface area contributed by atoms with Gasteiger partial charge in [0.1, 0.15) is 10.6 Å². The summed E-state index contributed by atoms with van der Waals surface area (Å²) in [5.41, 5.74) is 0.533. The van der Waals surface area contributed by atoms with Crippen molar-refractivity contribution in [2.45, 2.75) is 51.2 Å². The number of ether oxygens (including phenoxy) is 1. The Kier molecular flexibility index (Phi) is 6.64. The van der Waals surface area contributed by atoms with Gasteiger partial charge in [0.25, 0.3) is 0 Å². The summed E-state index contributed by atoms with van der Waals surface area (Å²) < 4.78 is 32.8. The summed E-state index contributed by atoms with van der Waals surface area (Å²) in [6.45, 7) is 5.82. The zero-order valence-electron chi connectivity index (χ0n) is 13.1. The quantitative estimate of drug-likeness (QED) is 0.772. The normalized spacial score (nSPS) is 14.7. The summed E-state index contributed by atoms with van der Waals surface area (Å²) in [5.74, 6) is 0.726. The van der Waals surface area contributed by atoms with Crippen molar-refractivity contribution in [3.8, 4) is 5.75 Å². The van der Waals surface area contributed by atoms with Crippen LogP contribution in [-0.2, 0) is 16.6 Å². The third-order valence-corrected chi connectivity index (χ3v) is 5.12. The summed E-state index contributed by atoms with van der Waals surface area (Å²) in [5, 5.41) is 9.17. The summed E-state index contributed by atoms with van der Waals surface area (Å²) >= 11 is 0. The van der Waals surface area contributed by atoms with Gasteiger partial charge in [-0.25, -0.2) is 13.1 Å². The lowest BCUT2D eigenvalue weighted by atomic mass is 10.0. The molecule has 2 N–H and O–H groups in total. The number of hydrogen-bond donors (Lipinski definition) is 2. The third kappa shape index (κ3) is 4.98. The smallest absolute Gasteiger partial charge is 0.244 e. The molecule has 5 nitrogen and oxygen atoms in total. The Bertz CT molecular complexity index is 557. The van der Waals surface area contributed by atoms with Gasteiger partial charge in [0.05, 0.1) is 13.7 Å². The molecule has 0 saturated heterocycles. The van der Waals surface area contributed by atoms with E-state index in [0.29, 0.717) is 11.5 Å². The second kappa shape index (κ2) is 7.77. The molecule has 0 aliphatic rings. The number of rotatable bonds is 8. The minimum Gasteiger partial charge on any atom is -0.495 e. The first-order chi connectivity index (χ1) is 9.83. The molecule has 1 aromatic rings. The summed E-state index contributed by atoms with van der Waals surface area (Å²) in [6.07, 6.45) is 1.78. The lowest BCUT2D eigenvalue weighted by Crippen LogP contribution is -2.34. The van der Waals surface area contributed by atoms with Crippen molar-refractivity contribution in [1.82, 2.24) is 4.72 Å². The van der Waals surface area contributed by atoms with E-state index in [1.807, 2.05) is 6.92 Å². The molecule has 0 aliphatic heterocycles.